The predicted octanol–water partition coefficient (Wildman–Crippen LogP) is 1.84. The Labute approximate surface area is 130 Å². The van der Waals surface area contributed by atoms with Gasteiger partial charge in [0.05, 0.1) is 16.0 Å². The van der Waals surface area contributed by atoms with Gasteiger partial charge < -0.3 is 4.90 Å². The van der Waals surface area contributed by atoms with E-state index in [-0.39, 0.29) is 5.91 Å². The quantitative estimate of drug-likeness (QED) is 0.481. The number of hydrogen-bond donors (Lipinski definition) is 2. The summed E-state index contributed by atoms with van der Waals surface area (Å²) in [5.74, 6) is -0.312. The molecule has 104 valence electrons. The molecule has 1 heterocycles. The average Bonchev–Trinajstić information content (AvgIpc) is 2.85. The van der Waals surface area contributed by atoms with Crippen LogP contribution < -0.4 is 10.3 Å². The lowest BCUT2D eigenvalue weighted by atomic mass is 10.2. The van der Waals surface area contributed by atoms with Gasteiger partial charge in [-0.2, -0.15) is 10.2 Å². The Morgan fingerprint density at radius 2 is 2.10 bits per heavy atom. The summed E-state index contributed by atoms with van der Waals surface area (Å²) >= 11 is 2.03. The Hall–Kier alpha value is -1.90. The zero-order valence-electron chi connectivity index (χ0n) is 11.1. The van der Waals surface area contributed by atoms with Crippen molar-refractivity contribution in [3.8, 4) is 0 Å². The average molecular weight is 383 g/mol. The molecule has 1 aromatic carbocycles. The molecule has 0 fully saturated rings. The van der Waals surface area contributed by atoms with E-state index in [2.05, 4.69) is 20.7 Å². The summed E-state index contributed by atoms with van der Waals surface area (Å²) in [5, 5.41) is 10.3. The molecule has 0 unspecified atom stereocenters. The van der Waals surface area contributed by atoms with Crippen molar-refractivity contribution in [2.75, 3.05) is 19.0 Å². The highest BCUT2D eigenvalue weighted by Crippen LogP contribution is 2.11. The fourth-order valence-electron chi connectivity index (χ4n) is 1.51. The molecule has 0 bridgehead atoms. The third-order valence-corrected chi connectivity index (χ3v) is 3.43. The van der Waals surface area contributed by atoms with Gasteiger partial charge in [0, 0.05) is 19.8 Å². The number of H-pyrrole nitrogens is 1. The number of aromatic nitrogens is 2. The summed E-state index contributed by atoms with van der Waals surface area (Å²) in [6.07, 6.45) is 3.18. The second-order valence-corrected chi connectivity index (χ2v) is 5.44. The number of nitrogens with one attached hydrogen (secondary N) is 2. The van der Waals surface area contributed by atoms with Crippen LogP contribution in [0.4, 0.5) is 5.69 Å². The van der Waals surface area contributed by atoms with Gasteiger partial charge in [-0.3, -0.25) is 9.89 Å². The van der Waals surface area contributed by atoms with Gasteiger partial charge in [0.2, 0.25) is 0 Å². The Bertz CT molecular complexity index is 618. The summed E-state index contributed by atoms with van der Waals surface area (Å²) in [6.45, 7) is 0. The monoisotopic (exact) mass is 383 g/mol. The standard InChI is InChI=1S/C13H14IN5O/c1-19(2)10-5-3-9(4-6-10)7-15-18-13(20)12-11(14)8-16-17-12/h3-8H,1-2H3,(H,16,17)(H,18,20)/b15-7-. The number of amides is 1. The topological polar surface area (TPSA) is 73.4 Å². The first-order valence-corrected chi connectivity index (χ1v) is 6.95. The molecule has 2 aromatic rings. The van der Waals surface area contributed by atoms with Gasteiger partial charge in [0.1, 0.15) is 5.69 Å². The minimum Gasteiger partial charge on any atom is -0.378 e. The molecule has 7 heteroatoms. The lowest BCUT2D eigenvalue weighted by molar-refractivity contribution is 0.0949. The van der Waals surface area contributed by atoms with E-state index in [9.17, 15) is 4.79 Å². The van der Waals surface area contributed by atoms with Gasteiger partial charge >= 0.3 is 0 Å². The summed E-state index contributed by atoms with van der Waals surface area (Å²) in [7, 11) is 3.96. The third-order valence-electron chi connectivity index (χ3n) is 2.61. The SMILES string of the molecule is CN(C)c1ccc(/C=N\NC(=O)c2[nH]ncc2I)cc1. The zero-order valence-corrected chi connectivity index (χ0v) is 13.2. The Morgan fingerprint density at radius 3 is 2.65 bits per heavy atom. The van der Waals surface area contributed by atoms with Gasteiger partial charge in [0.15, 0.2) is 0 Å². The third kappa shape index (κ3) is 3.56. The number of carbonyl (C=O) groups excluding carboxylic acids is 1. The maximum atomic E-state index is 11.8. The normalized spacial score (nSPS) is 10.8. The fraction of sp³-hybridized carbons (Fsp3) is 0.154. The highest BCUT2D eigenvalue weighted by Gasteiger charge is 2.10. The minimum atomic E-state index is -0.312. The van der Waals surface area contributed by atoms with E-state index in [0.29, 0.717) is 5.69 Å². The molecule has 0 aliphatic rings. The van der Waals surface area contributed by atoms with E-state index >= 15 is 0 Å². The van der Waals surface area contributed by atoms with Crippen molar-refractivity contribution in [1.29, 1.82) is 0 Å². The first-order chi connectivity index (χ1) is 9.58. The number of benzene rings is 1. The molecule has 0 aliphatic heterocycles. The molecule has 0 saturated carbocycles. The van der Waals surface area contributed by atoms with Crippen LogP contribution in [-0.4, -0.2) is 36.4 Å². The molecule has 0 spiro atoms. The van der Waals surface area contributed by atoms with Crippen LogP contribution in [0, 0.1) is 3.57 Å². The molecule has 0 radical (unpaired) electrons. The second-order valence-electron chi connectivity index (χ2n) is 4.28. The van der Waals surface area contributed by atoms with E-state index in [1.807, 2.05) is 65.9 Å². The van der Waals surface area contributed by atoms with Crippen molar-refractivity contribution in [2.45, 2.75) is 0 Å². The highest BCUT2D eigenvalue weighted by molar-refractivity contribution is 14.1. The van der Waals surface area contributed by atoms with E-state index in [1.165, 1.54) is 0 Å². The molecule has 0 aliphatic carbocycles. The summed E-state index contributed by atoms with van der Waals surface area (Å²) in [6, 6.07) is 7.85. The number of carbonyl (C=O) groups is 1. The number of rotatable bonds is 4. The van der Waals surface area contributed by atoms with Crippen LogP contribution in [0.3, 0.4) is 0 Å². The molecule has 6 nitrogen and oxygen atoms in total. The van der Waals surface area contributed by atoms with Gasteiger partial charge in [-0.1, -0.05) is 12.1 Å². The van der Waals surface area contributed by atoms with E-state index in [0.717, 1.165) is 14.8 Å². The Kier molecular flexibility index (Phi) is 4.72. The maximum Gasteiger partial charge on any atom is 0.290 e. The van der Waals surface area contributed by atoms with E-state index < -0.39 is 0 Å². The number of hydrogen-bond acceptors (Lipinski definition) is 4. The van der Waals surface area contributed by atoms with Gasteiger partial charge in [-0.25, -0.2) is 5.43 Å². The molecule has 2 N–H and O–H groups in total. The van der Waals surface area contributed by atoms with Crippen molar-refractivity contribution in [2.24, 2.45) is 5.10 Å². The predicted molar refractivity (Wildman–Crippen MR) is 87.1 cm³/mol. The lowest BCUT2D eigenvalue weighted by Crippen LogP contribution is -2.19. The molecule has 1 amide bonds. The van der Waals surface area contributed by atoms with E-state index in [4.69, 9.17) is 0 Å². The summed E-state index contributed by atoms with van der Waals surface area (Å²) in [4.78, 5) is 13.8. The number of nitrogens with zero attached hydrogens (tertiary/aromatic N) is 3. The largest absolute Gasteiger partial charge is 0.378 e. The fourth-order valence-corrected chi connectivity index (χ4v) is 2.02. The van der Waals surface area contributed by atoms with Gasteiger partial charge in [-0.15, -0.1) is 0 Å². The van der Waals surface area contributed by atoms with Crippen molar-refractivity contribution in [3.05, 3.63) is 45.3 Å². The first-order valence-electron chi connectivity index (χ1n) is 5.87. The summed E-state index contributed by atoms with van der Waals surface area (Å²) < 4.78 is 0.755. The number of anilines is 1. The number of aromatic amines is 1. The molecular weight excluding hydrogens is 369 g/mol. The van der Waals surface area contributed by atoms with Crippen LogP contribution in [0.2, 0.25) is 0 Å². The smallest absolute Gasteiger partial charge is 0.290 e. The van der Waals surface area contributed by atoms with Crippen LogP contribution in [-0.2, 0) is 0 Å². The molecule has 20 heavy (non-hydrogen) atoms. The van der Waals surface area contributed by atoms with Crippen LogP contribution in [0.25, 0.3) is 0 Å². The molecule has 0 atom stereocenters. The van der Waals surface area contributed by atoms with Crippen molar-refractivity contribution in [3.63, 3.8) is 0 Å². The van der Waals surface area contributed by atoms with E-state index in [1.54, 1.807) is 12.4 Å². The zero-order chi connectivity index (χ0) is 14.5. The lowest BCUT2D eigenvalue weighted by Gasteiger charge is -2.11. The first kappa shape index (κ1) is 14.5. The Morgan fingerprint density at radius 1 is 1.40 bits per heavy atom. The van der Waals surface area contributed by atoms with Crippen LogP contribution in [0.5, 0.6) is 0 Å². The van der Waals surface area contributed by atoms with Gasteiger partial charge in [0.25, 0.3) is 5.91 Å². The highest BCUT2D eigenvalue weighted by atomic mass is 127. The molecule has 0 saturated heterocycles. The number of hydrazone groups is 1. The van der Waals surface area contributed by atoms with Crippen LogP contribution in [0.15, 0.2) is 35.6 Å². The molecule has 2 rings (SSSR count). The second kappa shape index (κ2) is 6.51. The minimum absolute atomic E-state index is 0.312. The molecule has 1 aromatic heterocycles. The molecular formula is C13H14IN5O. The Balaban J connectivity index is 1.96. The van der Waals surface area contributed by atoms with Crippen molar-refractivity contribution < 1.29 is 4.79 Å². The van der Waals surface area contributed by atoms with Crippen molar-refractivity contribution in [1.82, 2.24) is 15.6 Å². The maximum absolute atomic E-state index is 11.8. The van der Waals surface area contributed by atoms with Gasteiger partial charge in [-0.05, 0) is 40.3 Å². The van der Waals surface area contributed by atoms with Crippen LogP contribution >= 0.6 is 22.6 Å². The van der Waals surface area contributed by atoms with Crippen molar-refractivity contribution >= 4 is 40.4 Å². The van der Waals surface area contributed by atoms with Crippen LogP contribution in [0.1, 0.15) is 16.1 Å². The number of halogens is 1. The summed E-state index contributed by atoms with van der Waals surface area (Å²) in [5.41, 5.74) is 4.89.